The summed E-state index contributed by atoms with van der Waals surface area (Å²) in [5.74, 6) is 1.17. The topological polar surface area (TPSA) is 75.0 Å². The zero-order chi connectivity index (χ0) is 25.0. The van der Waals surface area contributed by atoms with Crippen molar-refractivity contribution in [2.45, 2.75) is 45.3 Å². The molecule has 0 radical (unpaired) electrons. The third-order valence-corrected chi connectivity index (χ3v) is 6.91. The van der Waals surface area contributed by atoms with Gasteiger partial charge in [-0.3, -0.25) is 4.79 Å². The molecule has 0 bridgehead atoms. The van der Waals surface area contributed by atoms with Crippen LogP contribution in [0.5, 0.6) is 5.75 Å². The number of carbonyl (C=O) groups is 2. The zero-order valence-corrected chi connectivity index (χ0v) is 21.7. The molecule has 7 nitrogen and oxygen atoms in total. The summed E-state index contributed by atoms with van der Waals surface area (Å²) in [6, 6.07) is 12.2. The molecule has 1 aromatic carbocycles. The molecule has 0 saturated heterocycles. The lowest BCUT2D eigenvalue weighted by Gasteiger charge is -2.37. The van der Waals surface area contributed by atoms with Gasteiger partial charge in [0.15, 0.2) is 0 Å². The fraction of sp³-hybridized carbons (Fsp3) is 0.385. The van der Waals surface area contributed by atoms with Crippen LogP contribution >= 0.6 is 22.9 Å². The van der Waals surface area contributed by atoms with E-state index in [2.05, 4.69) is 11.4 Å². The number of fused-ring (bicyclic) bond motifs is 1. The maximum absolute atomic E-state index is 13.6. The number of hydrogen-bond acceptors (Lipinski definition) is 5. The second-order valence-corrected chi connectivity index (χ2v) is 11.0. The van der Waals surface area contributed by atoms with Crippen molar-refractivity contribution in [3.63, 3.8) is 0 Å². The number of nitrogens with zero attached hydrogens (tertiary/aromatic N) is 2. The standard InChI is InChI=1S/C26H30ClN3O4S/c1-26(2,3)28-25(32)29(15-20-5-4-13-33-20)16-24(31)30-12-10-23-21(11-14-35-23)22(30)17-34-19-8-6-18(27)7-9-19/h4-9,11,13-14,22H,10,12,15-17H2,1-3H3,(H,28,32)/t22-/m1/s1. The quantitative estimate of drug-likeness (QED) is 0.450. The van der Waals surface area contributed by atoms with Crippen LogP contribution in [0.1, 0.15) is 43.0 Å². The molecule has 186 valence electrons. The number of urea groups is 1. The molecule has 3 heterocycles. The number of thiophene rings is 1. The van der Waals surface area contributed by atoms with E-state index in [9.17, 15) is 9.59 Å². The first kappa shape index (κ1) is 25.1. The summed E-state index contributed by atoms with van der Waals surface area (Å²) in [5.41, 5.74) is 0.660. The highest BCUT2D eigenvalue weighted by molar-refractivity contribution is 7.10. The number of carbonyl (C=O) groups excluding carboxylic acids is 2. The van der Waals surface area contributed by atoms with Gasteiger partial charge in [0.2, 0.25) is 5.91 Å². The average molecular weight is 516 g/mol. The monoisotopic (exact) mass is 515 g/mol. The molecular formula is C26H30ClN3O4S. The normalized spacial score (nSPS) is 15.4. The van der Waals surface area contributed by atoms with Gasteiger partial charge >= 0.3 is 6.03 Å². The van der Waals surface area contributed by atoms with Crippen LogP contribution in [-0.2, 0) is 17.8 Å². The van der Waals surface area contributed by atoms with Gasteiger partial charge in [0.05, 0.1) is 18.8 Å². The van der Waals surface area contributed by atoms with Crippen molar-refractivity contribution in [3.05, 3.63) is 75.3 Å². The molecule has 1 atom stereocenters. The number of hydrogen-bond donors (Lipinski definition) is 1. The number of nitrogens with one attached hydrogen (secondary N) is 1. The fourth-order valence-corrected chi connectivity index (χ4v) is 5.08. The minimum Gasteiger partial charge on any atom is -0.491 e. The van der Waals surface area contributed by atoms with Crippen LogP contribution in [0.3, 0.4) is 0 Å². The Morgan fingerprint density at radius 2 is 2.00 bits per heavy atom. The van der Waals surface area contributed by atoms with Gasteiger partial charge in [-0.25, -0.2) is 4.79 Å². The lowest BCUT2D eigenvalue weighted by molar-refractivity contribution is -0.135. The van der Waals surface area contributed by atoms with Crippen LogP contribution in [0.25, 0.3) is 0 Å². The molecule has 0 fully saturated rings. The van der Waals surface area contributed by atoms with E-state index in [-0.39, 0.29) is 31.1 Å². The molecule has 3 amide bonds. The van der Waals surface area contributed by atoms with Crippen LogP contribution in [0.15, 0.2) is 58.5 Å². The van der Waals surface area contributed by atoms with Crippen molar-refractivity contribution in [3.8, 4) is 5.75 Å². The summed E-state index contributed by atoms with van der Waals surface area (Å²) >= 11 is 7.69. The molecule has 9 heteroatoms. The van der Waals surface area contributed by atoms with Crippen molar-refractivity contribution in [2.24, 2.45) is 0 Å². The van der Waals surface area contributed by atoms with Crippen LogP contribution in [0.2, 0.25) is 5.02 Å². The Bertz CT molecular complexity index is 1140. The fourth-order valence-electron chi connectivity index (χ4n) is 4.02. The largest absolute Gasteiger partial charge is 0.491 e. The van der Waals surface area contributed by atoms with E-state index in [1.807, 2.05) is 43.2 Å². The van der Waals surface area contributed by atoms with Crippen molar-refractivity contribution in [1.82, 2.24) is 15.1 Å². The van der Waals surface area contributed by atoms with Gasteiger partial charge in [-0.2, -0.15) is 0 Å². The molecule has 1 aliphatic heterocycles. The molecule has 4 rings (SSSR count). The first-order valence-electron chi connectivity index (χ1n) is 11.5. The highest BCUT2D eigenvalue weighted by atomic mass is 35.5. The number of ether oxygens (including phenoxy) is 1. The van der Waals surface area contributed by atoms with E-state index in [0.29, 0.717) is 29.7 Å². The number of halogens is 1. The first-order chi connectivity index (χ1) is 16.7. The molecule has 0 aliphatic carbocycles. The second kappa shape index (κ2) is 10.7. The van der Waals surface area contributed by atoms with Gasteiger partial charge in [-0.1, -0.05) is 11.6 Å². The van der Waals surface area contributed by atoms with E-state index in [4.69, 9.17) is 20.8 Å². The Morgan fingerprint density at radius 1 is 1.23 bits per heavy atom. The molecule has 1 aliphatic rings. The SMILES string of the molecule is CC(C)(C)NC(=O)N(CC(=O)N1CCc2sccc2[C@H]1COc1ccc(Cl)cc1)Cc1ccco1. The molecular weight excluding hydrogens is 486 g/mol. The van der Waals surface area contributed by atoms with Gasteiger partial charge in [-0.15, -0.1) is 11.3 Å². The van der Waals surface area contributed by atoms with Crippen molar-refractivity contribution >= 4 is 34.9 Å². The smallest absolute Gasteiger partial charge is 0.318 e. The summed E-state index contributed by atoms with van der Waals surface area (Å²) in [6.45, 7) is 6.73. The highest BCUT2D eigenvalue weighted by Gasteiger charge is 2.34. The minimum atomic E-state index is -0.437. The van der Waals surface area contributed by atoms with E-state index in [0.717, 1.165) is 12.0 Å². The Labute approximate surface area is 214 Å². The Kier molecular flexibility index (Phi) is 7.72. The molecule has 0 spiro atoms. The number of rotatable bonds is 7. The van der Waals surface area contributed by atoms with E-state index in [1.165, 1.54) is 9.78 Å². The predicted octanol–water partition coefficient (Wildman–Crippen LogP) is 5.51. The first-order valence-corrected chi connectivity index (χ1v) is 12.8. The maximum Gasteiger partial charge on any atom is 0.318 e. The lowest BCUT2D eigenvalue weighted by atomic mass is 10.0. The molecule has 0 unspecified atom stereocenters. The number of furan rings is 1. The average Bonchev–Trinajstić information content (AvgIpc) is 3.48. The minimum absolute atomic E-state index is 0.0699. The molecule has 2 aromatic heterocycles. The van der Waals surface area contributed by atoms with Gasteiger partial charge in [0, 0.05) is 22.0 Å². The highest BCUT2D eigenvalue weighted by Crippen LogP contribution is 2.34. The van der Waals surface area contributed by atoms with E-state index in [1.54, 1.807) is 41.9 Å². The summed E-state index contributed by atoms with van der Waals surface area (Å²) in [4.78, 5) is 31.2. The predicted molar refractivity (Wildman–Crippen MR) is 137 cm³/mol. The van der Waals surface area contributed by atoms with Gasteiger partial charge in [-0.05, 0) is 80.6 Å². The summed E-state index contributed by atoms with van der Waals surface area (Å²) in [6.07, 6.45) is 2.34. The van der Waals surface area contributed by atoms with Crippen LogP contribution in [-0.4, -0.2) is 47.0 Å². The molecule has 1 N–H and O–H groups in total. The Hall–Kier alpha value is -2.97. The number of amides is 3. The zero-order valence-electron chi connectivity index (χ0n) is 20.1. The lowest BCUT2D eigenvalue weighted by Crippen LogP contribution is -2.52. The molecule has 35 heavy (non-hydrogen) atoms. The van der Waals surface area contributed by atoms with Crippen molar-refractivity contribution in [1.29, 1.82) is 0 Å². The van der Waals surface area contributed by atoms with Crippen LogP contribution in [0, 0.1) is 0 Å². The number of benzene rings is 1. The molecule has 3 aromatic rings. The van der Waals surface area contributed by atoms with Crippen LogP contribution in [0.4, 0.5) is 4.79 Å². The van der Waals surface area contributed by atoms with Gasteiger partial charge < -0.3 is 24.3 Å². The third kappa shape index (κ3) is 6.58. The van der Waals surface area contributed by atoms with E-state index < -0.39 is 5.54 Å². The summed E-state index contributed by atoms with van der Waals surface area (Å²) in [7, 11) is 0. The Balaban J connectivity index is 1.52. The maximum atomic E-state index is 13.6. The molecule has 0 saturated carbocycles. The summed E-state index contributed by atoms with van der Waals surface area (Å²) in [5, 5.41) is 5.64. The van der Waals surface area contributed by atoms with Crippen molar-refractivity contribution in [2.75, 3.05) is 19.7 Å². The van der Waals surface area contributed by atoms with E-state index >= 15 is 0 Å². The van der Waals surface area contributed by atoms with Crippen LogP contribution < -0.4 is 10.1 Å². The Morgan fingerprint density at radius 3 is 2.69 bits per heavy atom. The second-order valence-electron chi connectivity index (χ2n) is 9.53. The third-order valence-electron chi connectivity index (χ3n) is 5.66. The van der Waals surface area contributed by atoms with Gasteiger partial charge in [0.25, 0.3) is 0 Å². The van der Waals surface area contributed by atoms with Gasteiger partial charge in [0.1, 0.15) is 24.7 Å². The summed E-state index contributed by atoms with van der Waals surface area (Å²) < 4.78 is 11.5. The van der Waals surface area contributed by atoms with Crippen molar-refractivity contribution < 1.29 is 18.7 Å².